The van der Waals surface area contributed by atoms with Crippen molar-refractivity contribution in [1.82, 2.24) is 20.4 Å². The van der Waals surface area contributed by atoms with Crippen LogP contribution in [0.1, 0.15) is 51.4 Å². The zero-order chi connectivity index (χ0) is 25.0. The van der Waals surface area contributed by atoms with Crippen molar-refractivity contribution in [3.05, 3.63) is 23.3 Å². The second-order valence-electron chi connectivity index (χ2n) is 8.93. The number of nitrogens with zero attached hydrogens (tertiary/aromatic N) is 2. The summed E-state index contributed by atoms with van der Waals surface area (Å²) in [6.07, 6.45) is 13.2. The molecule has 2 aliphatic heterocycles. The number of carbonyl (C=O) groups excluding carboxylic acids is 2. The maximum Gasteiger partial charge on any atom is 0.183 e. The summed E-state index contributed by atoms with van der Waals surface area (Å²) < 4.78 is 0. The van der Waals surface area contributed by atoms with E-state index in [9.17, 15) is 9.59 Å². The van der Waals surface area contributed by atoms with Crippen molar-refractivity contribution in [1.29, 1.82) is 0 Å². The molecule has 34 heavy (non-hydrogen) atoms. The molecule has 196 valence electrons. The summed E-state index contributed by atoms with van der Waals surface area (Å²) in [5.74, 6) is 3.58. The Labute approximate surface area is 224 Å². The Kier molecular flexibility index (Phi) is 19.3. The van der Waals surface area contributed by atoms with Crippen LogP contribution in [0, 0.1) is 0 Å². The summed E-state index contributed by atoms with van der Waals surface area (Å²) in [5, 5.41) is 6.67. The van der Waals surface area contributed by atoms with Crippen LogP contribution in [0.3, 0.4) is 0 Å². The molecule has 0 aromatic rings. The summed E-state index contributed by atoms with van der Waals surface area (Å²) in [6, 6.07) is 0. The molecule has 0 atom stereocenters. The first-order valence-electron chi connectivity index (χ1n) is 12.8. The SMILES string of the molecule is CBr.CBr.O=C1C=C(CNCCCN2CCCCC2)C(=O)C=C1CNCCCN1CCCCC1. The Hall–Kier alpha value is -0.380. The van der Waals surface area contributed by atoms with E-state index in [0.29, 0.717) is 24.2 Å². The molecule has 1 aliphatic carbocycles. The summed E-state index contributed by atoms with van der Waals surface area (Å²) >= 11 is 5.88. The monoisotopic (exact) mass is 604 g/mol. The number of rotatable bonds is 12. The Balaban J connectivity index is 0.00000137. The van der Waals surface area contributed by atoms with Gasteiger partial charge in [0.25, 0.3) is 0 Å². The zero-order valence-corrected chi connectivity index (χ0v) is 24.5. The van der Waals surface area contributed by atoms with E-state index < -0.39 is 0 Å². The quantitative estimate of drug-likeness (QED) is 0.200. The van der Waals surface area contributed by atoms with Gasteiger partial charge >= 0.3 is 0 Å². The number of alkyl halides is 2. The van der Waals surface area contributed by atoms with Crippen molar-refractivity contribution >= 4 is 43.4 Å². The molecule has 0 amide bonds. The first-order valence-corrected chi connectivity index (χ1v) is 16.0. The molecule has 3 rings (SSSR count). The van der Waals surface area contributed by atoms with Gasteiger partial charge in [-0.3, -0.25) is 9.59 Å². The van der Waals surface area contributed by atoms with Gasteiger partial charge in [0, 0.05) is 24.2 Å². The highest BCUT2D eigenvalue weighted by atomic mass is 79.9. The molecule has 3 aliphatic rings. The highest BCUT2D eigenvalue weighted by molar-refractivity contribution is 9.09. The lowest BCUT2D eigenvalue weighted by atomic mass is 9.97. The summed E-state index contributed by atoms with van der Waals surface area (Å²) in [6.45, 7) is 9.84. The Morgan fingerprint density at radius 2 is 1.00 bits per heavy atom. The van der Waals surface area contributed by atoms with Crippen LogP contribution >= 0.6 is 31.9 Å². The van der Waals surface area contributed by atoms with Crippen molar-refractivity contribution in [3.8, 4) is 0 Å². The minimum absolute atomic E-state index is 0.0248. The predicted octanol–water partition coefficient (Wildman–Crippen LogP) is 3.94. The van der Waals surface area contributed by atoms with Gasteiger partial charge in [0.05, 0.1) is 0 Å². The van der Waals surface area contributed by atoms with Crippen LogP contribution in [0.15, 0.2) is 23.3 Å². The Bertz CT molecular complexity index is 574. The summed E-state index contributed by atoms with van der Waals surface area (Å²) in [4.78, 5) is 29.8. The van der Waals surface area contributed by atoms with Gasteiger partial charge in [-0.05, 0) is 115 Å². The third-order valence-corrected chi connectivity index (χ3v) is 6.43. The normalized spacial score (nSPS) is 19.4. The molecule has 2 heterocycles. The van der Waals surface area contributed by atoms with Crippen LogP contribution in [0.25, 0.3) is 0 Å². The van der Waals surface area contributed by atoms with Crippen molar-refractivity contribution in [2.24, 2.45) is 0 Å². The highest BCUT2D eigenvalue weighted by Gasteiger charge is 2.19. The third kappa shape index (κ3) is 13.1. The van der Waals surface area contributed by atoms with Crippen LogP contribution in [0.5, 0.6) is 0 Å². The number of halogens is 2. The second kappa shape index (κ2) is 20.8. The van der Waals surface area contributed by atoms with E-state index in [4.69, 9.17) is 0 Å². The fraction of sp³-hybridized carbons (Fsp3) is 0.769. The number of ketones is 2. The van der Waals surface area contributed by atoms with Crippen LogP contribution in [-0.4, -0.2) is 98.5 Å². The maximum atomic E-state index is 12.4. The van der Waals surface area contributed by atoms with E-state index in [1.807, 2.05) is 11.7 Å². The molecule has 0 aromatic heterocycles. The molecule has 2 N–H and O–H groups in total. The van der Waals surface area contributed by atoms with Gasteiger partial charge in [-0.1, -0.05) is 44.7 Å². The fourth-order valence-corrected chi connectivity index (χ4v) is 4.59. The number of hydrogen-bond acceptors (Lipinski definition) is 6. The molecular formula is C26H46Br2N4O2. The van der Waals surface area contributed by atoms with E-state index >= 15 is 0 Å². The molecule has 0 saturated carbocycles. The average Bonchev–Trinajstić information content (AvgIpc) is 2.89. The Morgan fingerprint density at radius 3 is 1.35 bits per heavy atom. The second-order valence-corrected chi connectivity index (χ2v) is 8.93. The maximum absolute atomic E-state index is 12.4. The topological polar surface area (TPSA) is 64.7 Å². The van der Waals surface area contributed by atoms with Gasteiger partial charge in [-0.25, -0.2) is 0 Å². The minimum Gasteiger partial charge on any atom is -0.312 e. The number of carbonyl (C=O) groups is 2. The average molecular weight is 606 g/mol. The summed E-state index contributed by atoms with van der Waals surface area (Å²) in [7, 11) is 0. The number of nitrogens with one attached hydrogen (secondary N) is 2. The van der Waals surface area contributed by atoms with Crippen molar-refractivity contribution in [2.75, 3.05) is 77.1 Å². The molecule has 0 spiro atoms. The van der Waals surface area contributed by atoms with Crippen LogP contribution in [0.4, 0.5) is 0 Å². The lowest BCUT2D eigenvalue weighted by molar-refractivity contribution is -0.115. The van der Waals surface area contributed by atoms with Crippen LogP contribution in [-0.2, 0) is 9.59 Å². The minimum atomic E-state index is -0.0248. The lowest BCUT2D eigenvalue weighted by Crippen LogP contribution is -2.33. The van der Waals surface area contributed by atoms with E-state index in [1.54, 1.807) is 0 Å². The smallest absolute Gasteiger partial charge is 0.183 e. The van der Waals surface area contributed by atoms with E-state index in [-0.39, 0.29) is 11.6 Å². The Morgan fingerprint density at radius 1 is 0.647 bits per heavy atom. The van der Waals surface area contributed by atoms with Crippen LogP contribution in [0.2, 0.25) is 0 Å². The van der Waals surface area contributed by atoms with E-state index in [2.05, 4.69) is 52.3 Å². The van der Waals surface area contributed by atoms with Gasteiger partial charge in [0.2, 0.25) is 0 Å². The van der Waals surface area contributed by atoms with Gasteiger partial charge < -0.3 is 20.4 Å². The van der Waals surface area contributed by atoms with Crippen LogP contribution < -0.4 is 10.6 Å². The third-order valence-electron chi connectivity index (χ3n) is 6.43. The largest absolute Gasteiger partial charge is 0.312 e. The molecule has 6 nitrogen and oxygen atoms in total. The number of hydrogen-bond donors (Lipinski definition) is 2. The molecule has 8 heteroatoms. The molecule has 2 saturated heterocycles. The summed E-state index contributed by atoms with van der Waals surface area (Å²) in [5.41, 5.74) is 1.18. The first kappa shape index (κ1) is 31.6. The van der Waals surface area contributed by atoms with Crippen molar-refractivity contribution < 1.29 is 9.59 Å². The van der Waals surface area contributed by atoms with E-state index in [0.717, 1.165) is 39.0 Å². The molecule has 0 bridgehead atoms. The fourth-order valence-electron chi connectivity index (χ4n) is 4.59. The molecule has 2 fully saturated rings. The number of piperidine rings is 2. The first-order chi connectivity index (χ1) is 16.7. The van der Waals surface area contributed by atoms with Gasteiger partial charge in [-0.2, -0.15) is 0 Å². The van der Waals surface area contributed by atoms with Gasteiger partial charge in [0.15, 0.2) is 11.6 Å². The highest BCUT2D eigenvalue weighted by Crippen LogP contribution is 2.12. The van der Waals surface area contributed by atoms with Gasteiger partial charge in [0.1, 0.15) is 0 Å². The predicted molar refractivity (Wildman–Crippen MR) is 151 cm³/mol. The van der Waals surface area contributed by atoms with Crippen molar-refractivity contribution in [2.45, 2.75) is 51.4 Å². The van der Waals surface area contributed by atoms with Gasteiger partial charge in [-0.15, -0.1) is 0 Å². The standard InChI is InChI=1S/C24H40N4O2.2CH3Br/c29-23-18-22(20-26-10-8-16-28-13-5-2-6-14-28)24(30)17-21(23)19-25-9-7-15-27-11-3-1-4-12-27;2*1-2/h17-18,25-26H,1-16,19-20H2;2*1H3. The van der Waals surface area contributed by atoms with E-state index in [1.165, 1.54) is 76.9 Å². The number of allylic oxidation sites excluding steroid dienone is 2. The zero-order valence-electron chi connectivity index (χ0n) is 21.3. The molecular weight excluding hydrogens is 560 g/mol. The molecule has 0 radical (unpaired) electrons. The molecule has 0 unspecified atom stereocenters. The van der Waals surface area contributed by atoms with Crippen molar-refractivity contribution in [3.63, 3.8) is 0 Å². The molecule has 0 aromatic carbocycles. The lowest BCUT2D eigenvalue weighted by Gasteiger charge is -2.26. The number of likely N-dealkylation sites (tertiary alicyclic amines) is 2.